The van der Waals surface area contributed by atoms with Crippen molar-refractivity contribution >= 4 is 41.1 Å². The number of benzene rings is 1. The van der Waals surface area contributed by atoms with Crippen LogP contribution in [0.1, 0.15) is 18.7 Å². The zero-order valence-electron chi connectivity index (χ0n) is 14.1. The van der Waals surface area contributed by atoms with E-state index < -0.39 is 18.0 Å². The highest BCUT2D eigenvalue weighted by molar-refractivity contribution is 6.30. The van der Waals surface area contributed by atoms with Crippen LogP contribution in [0.25, 0.3) is 0 Å². The Hall–Kier alpha value is -3.14. The first-order valence-corrected chi connectivity index (χ1v) is 8.56. The van der Waals surface area contributed by atoms with Gasteiger partial charge in [0.05, 0.1) is 5.69 Å². The van der Waals surface area contributed by atoms with Crippen LogP contribution < -0.4 is 21.3 Å². The molecule has 1 aliphatic heterocycles. The summed E-state index contributed by atoms with van der Waals surface area (Å²) in [5.74, 6) is -0.298. The quantitative estimate of drug-likeness (QED) is 0.593. The minimum atomic E-state index is -0.755. The summed E-state index contributed by atoms with van der Waals surface area (Å²) in [6.45, 7) is 0.294. The molecule has 1 aromatic carbocycles. The summed E-state index contributed by atoms with van der Waals surface area (Å²) in [4.78, 5) is 41.3. The fourth-order valence-electron chi connectivity index (χ4n) is 2.60. The lowest BCUT2D eigenvalue weighted by Gasteiger charge is -2.13. The van der Waals surface area contributed by atoms with Gasteiger partial charge in [-0.25, -0.2) is 9.69 Å². The molecule has 1 aliphatic rings. The van der Waals surface area contributed by atoms with Crippen LogP contribution >= 0.6 is 11.6 Å². The van der Waals surface area contributed by atoms with Crippen LogP contribution in [-0.4, -0.2) is 40.6 Å². The third-order valence-electron chi connectivity index (χ3n) is 3.91. The first-order chi connectivity index (χ1) is 12.9. The number of nitrogens with two attached hydrogens (primary N) is 1. The van der Waals surface area contributed by atoms with Crippen molar-refractivity contribution in [3.05, 3.63) is 35.2 Å². The van der Waals surface area contributed by atoms with Crippen LogP contribution in [0.15, 0.2) is 28.8 Å². The van der Waals surface area contributed by atoms with Crippen LogP contribution in [0.4, 0.5) is 16.4 Å². The molecule has 4 amide bonds. The third-order valence-corrected chi connectivity index (χ3v) is 4.16. The van der Waals surface area contributed by atoms with Crippen LogP contribution in [-0.2, 0) is 16.0 Å². The Morgan fingerprint density at radius 3 is 2.74 bits per heavy atom. The van der Waals surface area contributed by atoms with Crippen molar-refractivity contribution in [3.63, 3.8) is 0 Å². The second-order valence-electron chi connectivity index (χ2n) is 5.84. The topological polar surface area (TPSA) is 143 Å². The van der Waals surface area contributed by atoms with Gasteiger partial charge in [-0.05, 0) is 35.8 Å². The van der Waals surface area contributed by atoms with E-state index in [4.69, 9.17) is 21.9 Å². The van der Waals surface area contributed by atoms with E-state index in [0.29, 0.717) is 29.6 Å². The number of anilines is 2. The fourth-order valence-corrected chi connectivity index (χ4v) is 2.73. The number of nitrogens with zero attached hydrogens (tertiary/aromatic N) is 3. The van der Waals surface area contributed by atoms with Gasteiger partial charge in [0.15, 0.2) is 0 Å². The van der Waals surface area contributed by atoms with E-state index in [9.17, 15) is 14.4 Å². The predicted octanol–water partition coefficient (Wildman–Crippen LogP) is 0.869. The Balaban J connectivity index is 1.46. The zero-order valence-corrected chi connectivity index (χ0v) is 14.9. The summed E-state index contributed by atoms with van der Waals surface area (Å²) >= 11 is 5.82. The Kier molecular flexibility index (Phi) is 5.55. The molecule has 27 heavy (non-hydrogen) atoms. The molecule has 1 saturated heterocycles. The smallest absolute Gasteiger partial charge is 0.329 e. The standard InChI is InChI=1S/C16H17ClN6O4/c17-9-1-3-10(4-2-9)23-14(25)11(20-16(23)26)5-6-12(24)19-8-7-13-21-15(18)22-27-13/h1-4,11H,5-8H2,(H2,18,22)(H,19,24)(H,20,26). The molecular formula is C16H17ClN6O4. The number of rotatable bonds is 7. The van der Waals surface area contributed by atoms with E-state index in [2.05, 4.69) is 20.8 Å². The van der Waals surface area contributed by atoms with E-state index >= 15 is 0 Å². The molecule has 10 nitrogen and oxygen atoms in total. The lowest BCUT2D eigenvalue weighted by Crippen LogP contribution is -2.33. The van der Waals surface area contributed by atoms with Crippen molar-refractivity contribution in [2.24, 2.45) is 0 Å². The Morgan fingerprint density at radius 1 is 1.33 bits per heavy atom. The molecule has 11 heteroatoms. The van der Waals surface area contributed by atoms with Crippen LogP contribution in [0.5, 0.6) is 0 Å². The summed E-state index contributed by atoms with van der Waals surface area (Å²) < 4.78 is 4.83. The van der Waals surface area contributed by atoms with Gasteiger partial charge in [0, 0.05) is 24.4 Å². The molecule has 0 bridgehead atoms. The number of carbonyl (C=O) groups is 3. The van der Waals surface area contributed by atoms with Gasteiger partial charge in [0.2, 0.25) is 11.8 Å². The molecule has 0 radical (unpaired) electrons. The van der Waals surface area contributed by atoms with Gasteiger partial charge in [-0.1, -0.05) is 11.6 Å². The molecule has 142 valence electrons. The molecule has 2 aromatic rings. The van der Waals surface area contributed by atoms with Crippen LogP contribution in [0.3, 0.4) is 0 Å². The lowest BCUT2D eigenvalue weighted by molar-refractivity contribution is -0.121. The molecule has 1 unspecified atom stereocenters. The van der Waals surface area contributed by atoms with Gasteiger partial charge in [-0.2, -0.15) is 4.98 Å². The third kappa shape index (κ3) is 4.53. The summed E-state index contributed by atoms with van der Waals surface area (Å²) in [7, 11) is 0. The number of nitrogen functional groups attached to an aromatic ring is 1. The summed E-state index contributed by atoms with van der Waals surface area (Å²) in [6.07, 6.45) is 0.616. The monoisotopic (exact) mass is 392 g/mol. The average molecular weight is 393 g/mol. The molecule has 0 spiro atoms. The van der Waals surface area contributed by atoms with Crippen molar-refractivity contribution in [1.82, 2.24) is 20.8 Å². The fraction of sp³-hybridized carbons (Fsp3) is 0.312. The predicted molar refractivity (Wildman–Crippen MR) is 95.9 cm³/mol. The lowest BCUT2D eigenvalue weighted by atomic mass is 10.1. The second kappa shape index (κ2) is 8.04. The highest BCUT2D eigenvalue weighted by atomic mass is 35.5. The van der Waals surface area contributed by atoms with Crippen molar-refractivity contribution < 1.29 is 18.9 Å². The zero-order chi connectivity index (χ0) is 19.4. The van der Waals surface area contributed by atoms with Crippen molar-refractivity contribution in [3.8, 4) is 0 Å². The number of amides is 4. The molecule has 1 aromatic heterocycles. The van der Waals surface area contributed by atoms with Gasteiger partial charge >= 0.3 is 6.03 Å². The average Bonchev–Trinajstić information content (AvgIpc) is 3.17. The second-order valence-corrected chi connectivity index (χ2v) is 6.27. The SMILES string of the molecule is Nc1noc(CCNC(=O)CCC2NC(=O)N(c3ccc(Cl)cc3)C2=O)n1. The molecule has 2 heterocycles. The molecule has 0 saturated carbocycles. The molecule has 0 aliphatic carbocycles. The minimum Gasteiger partial charge on any atom is -0.365 e. The van der Waals surface area contributed by atoms with Crippen molar-refractivity contribution in [2.75, 3.05) is 17.2 Å². The van der Waals surface area contributed by atoms with E-state index in [1.54, 1.807) is 24.3 Å². The normalized spacial score (nSPS) is 16.5. The van der Waals surface area contributed by atoms with Crippen LogP contribution in [0.2, 0.25) is 5.02 Å². The maximum atomic E-state index is 12.5. The number of imide groups is 1. The summed E-state index contributed by atoms with van der Waals surface area (Å²) in [6, 6.07) is 5.07. The molecule has 3 rings (SSSR count). The summed E-state index contributed by atoms with van der Waals surface area (Å²) in [5.41, 5.74) is 5.76. The number of halogens is 1. The number of hydrogen-bond acceptors (Lipinski definition) is 7. The maximum absolute atomic E-state index is 12.5. The van der Waals surface area contributed by atoms with Gasteiger partial charge in [-0.15, -0.1) is 0 Å². The maximum Gasteiger partial charge on any atom is 0.329 e. The van der Waals surface area contributed by atoms with Crippen LogP contribution in [0, 0.1) is 0 Å². The highest BCUT2D eigenvalue weighted by Crippen LogP contribution is 2.23. The highest BCUT2D eigenvalue weighted by Gasteiger charge is 2.38. The number of urea groups is 1. The summed E-state index contributed by atoms with van der Waals surface area (Å²) in [5, 5.41) is 9.21. The first kappa shape index (κ1) is 18.6. The molecular weight excluding hydrogens is 376 g/mol. The van der Waals surface area contributed by atoms with E-state index in [0.717, 1.165) is 4.90 Å². The van der Waals surface area contributed by atoms with E-state index in [-0.39, 0.29) is 24.7 Å². The van der Waals surface area contributed by atoms with Crippen molar-refractivity contribution in [1.29, 1.82) is 0 Å². The molecule has 1 fully saturated rings. The van der Waals surface area contributed by atoms with Crippen molar-refractivity contribution in [2.45, 2.75) is 25.3 Å². The molecule has 1 atom stereocenters. The molecule has 4 N–H and O–H groups in total. The van der Waals surface area contributed by atoms with E-state index in [1.807, 2.05) is 0 Å². The van der Waals surface area contributed by atoms with Gasteiger partial charge < -0.3 is 20.9 Å². The number of aromatic nitrogens is 2. The Labute approximate surface area is 159 Å². The van der Waals surface area contributed by atoms with Gasteiger partial charge in [0.25, 0.3) is 11.9 Å². The van der Waals surface area contributed by atoms with Gasteiger partial charge in [-0.3, -0.25) is 9.59 Å². The van der Waals surface area contributed by atoms with E-state index in [1.165, 1.54) is 0 Å². The Bertz CT molecular complexity index is 853. The number of hydrogen-bond donors (Lipinski definition) is 3. The largest absolute Gasteiger partial charge is 0.365 e. The Morgan fingerprint density at radius 2 is 2.07 bits per heavy atom. The minimum absolute atomic E-state index is 0.0389. The number of nitrogens with one attached hydrogen (secondary N) is 2. The van der Waals surface area contributed by atoms with Gasteiger partial charge in [0.1, 0.15) is 6.04 Å². The number of carbonyl (C=O) groups excluding carboxylic acids is 3. The first-order valence-electron chi connectivity index (χ1n) is 8.19.